The van der Waals surface area contributed by atoms with Gasteiger partial charge in [0.1, 0.15) is 10.7 Å². The van der Waals surface area contributed by atoms with Crippen molar-refractivity contribution in [2.75, 3.05) is 10.5 Å². The molecule has 2 aromatic carbocycles. The van der Waals surface area contributed by atoms with Crippen LogP contribution in [0.2, 0.25) is 10.0 Å². The molecule has 2 heterocycles. The molecular formula is C18H13Cl2N5O2S. The van der Waals surface area contributed by atoms with E-state index in [4.69, 9.17) is 28.9 Å². The van der Waals surface area contributed by atoms with Crippen molar-refractivity contribution >= 4 is 50.4 Å². The maximum absolute atomic E-state index is 12.6. The normalized spacial score (nSPS) is 11.6. The third kappa shape index (κ3) is 3.26. The fraction of sp³-hybridized carbons (Fsp3) is 0. The van der Waals surface area contributed by atoms with E-state index in [-0.39, 0.29) is 14.9 Å². The second-order valence-electron chi connectivity index (χ2n) is 5.89. The maximum atomic E-state index is 12.6. The van der Waals surface area contributed by atoms with Crippen LogP contribution >= 0.6 is 23.2 Å². The molecule has 0 aliphatic carbocycles. The van der Waals surface area contributed by atoms with Gasteiger partial charge in [-0.05, 0) is 29.8 Å². The predicted octanol–water partition coefficient (Wildman–Crippen LogP) is 4.09. The van der Waals surface area contributed by atoms with E-state index in [0.29, 0.717) is 22.7 Å². The van der Waals surface area contributed by atoms with Crippen LogP contribution in [0, 0.1) is 0 Å². The fourth-order valence-corrected chi connectivity index (χ4v) is 4.55. The Labute approximate surface area is 170 Å². The van der Waals surface area contributed by atoms with Crippen LogP contribution in [0.25, 0.3) is 16.8 Å². The lowest BCUT2D eigenvalue weighted by Crippen LogP contribution is -2.13. The minimum atomic E-state index is -3.89. The molecule has 0 saturated heterocycles. The number of rotatable bonds is 4. The Balaban J connectivity index is 1.64. The van der Waals surface area contributed by atoms with E-state index in [0.717, 1.165) is 5.56 Å². The minimum absolute atomic E-state index is 0.0281. The Morgan fingerprint density at radius 2 is 1.79 bits per heavy atom. The first-order valence-corrected chi connectivity index (χ1v) is 10.3. The first-order valence-electron chi connectivity index (χ1n) is 8.02. The fourth-order valence-electron chi connectivity index (χ4n) is 2.73. The number of benzene rings is 2. The Hall–Kier alpha value is -2.81. The predicted molar refractivity (Wildman–Crippen MR) is 110 cm³/mol. The van der Waals surface area contributed by atoms with Gasteiger partial charge < -0.3 is 5.73 Å². The summed E-state index contributed by atoms with van der Waals surface area (Å²) in [5, 5.41) is 4.27. The highest BCUT2D eigenvalue weighted by atomic mass is 35.5. The van der Waals surface area contributed by atoms with Gasteiger partial charge in [-0.15, -0.1) is 0 Å². The van der Waals surface area contributed by atoms with E-state index >= 15 is 0 Å². The van der Waals surface area contributed by atoms with Crippen molar-refractivity contribution in [1.82, 2.24) is 14.6 Å². The number of fused-ring (bicyclic) bond motifs is 1. The number of nitrogens with two attached hydrogens (primary N) is 1. The van der Waals surface area contributed by atoms with Crippen molar-refractivity contribution in [2.45, 2.75) is 4.90 Å². The number of nitrogens with one attached hydrogen (secondary N) is 1. The topological polar surface area (TPSA) is 102 Å². The third-order valence-electron chi connectivity index (χ3n) is 4.11. The van der Waals surface area contributed by atoms with Crippen LogP contribution in [0.15, 0.2) is 65.8 Å². The van der Waals surface area contributed by atoms with Crippen molar-refractivity contribution in [1.29, 1.82) is 0 Å². The van der Waals surface area contributed by atoms with E-state index in [1.165, 1.54) is 22.7 Å². The molecule has 4 rings (SSSR count). The summed E-state index contributed by atoms with van der Waals surface area (Å²) in [6.45, 7) is 0. The summed E-state index contributed by atoms with van der Waals surface area (Å²) < 4.78 is 29.2. The average molecular weight is 434 g/mol. The quantitative estimate of drug-likeness (QED) is 0.504. The zero-order chi connectivity index (χ0) is 19.9. The van der Waals surface area contributed by atoms with Crippen molar-refractivity contribution in [3.63, 3.8) is 0 Å². The third-order valence-corrected chi connectivity index (χ3v) is 6.46. The van der Waals surface area contributed by atoms with E-state index < -0.39 is 10.0 Å². The molecule has 4 aromatic rings. The number of hydrogen-bond acceptors (Lipinski definition) is 5. The lowest BCUT2D eigenvalue weighted by atomic mass is 10.1. The second kappa shape index (κ2) is 6.97. The lowest BCUT2D eigenvalue weighted by molar-refractivity contribution is 0.601. The van der Waals surface area contributed by atoms with Crippen LogP contribution in [0.3, 0.4) is 0 Å². The Morgan fingerprint density at radius 3 is 2.54 bits per heavy atom. The van der Waals surface area contributed by atoms with Gasteiger partial charge in [0.05, 0.1) is 16.2 Å². The molecule has 0 atom stereocenters. The highest BCUT2D eigenvalue weighted by Gasteiger charge is 2.19. The summed E-state index contributed by atoms with van der Waals surface area (Å²) in [5.74, 6) is 0.439. The summed E-state index contributed by atoms with van der Waals surface area (Å²) >= 11 is 11.9. The Kier molecular flexibility index (Phi) is 4.62. The standard InChI is InChI=1S/C18H13Cl2N5O2S/c19-14-2-1-3-15(17(14)20)28(26,27)24-12-6-4-11(5-7-12)13-10-22-16-8-9-23-25(16)18(13)21/h1-10,24H,21H2. The van der Waals surface area contributed by atoms with Crippen LogP contribution in [-0.4, -0.2) is 23.0 Å². The van der Waals surface area contributed by atoms with Crippen LogP contribution < -0.4 is 10.5 Å². The molecular weight excluding hydrogens is 421 g/mol. The lowest BCUT2D eigenvalue weighted by Gasteiger charge is -2.11. The van der Waals surface area contributed by atoms with Gasteiger partial charge in [0.15, 0.2) is 5.65 Å². The molecule has 0 aliphatic heterocycles. The van der Waals surface area contributed by atoms with Crippen LogP contribution in [-0.2, 0) is 10.0 Å². The monoisotopic (exact) mass is 433 g/mol. The molecule has 3 N–H and O–H groups in total. The number of hydrogen-bond donors (Lipinski definition) is 2. The van der Waals surface area contributed by atoms with E-state index in [1.807, 2.05) is 0 Å². The number of aromatic nitrogens is 3. The largest absolute Gasteiger partial charge is 0.383 e. The van der Waals surface area contributed by atoms with Crippen LogP contribution in [0.4, 0.5) is 11.5 Å². The molecule has 0 aliphatic rings. The van der Waals surface area contributed by atoms with Gasteiger partial charge in [-0.3, -0.25) is 4.72 Å². The van der Waals surface area contributed by atoms with Gasteiger partial charge in [-0.25, -0.2) is 13.4 Å². The molecule has 0 bridgehead atoms. The Morgan fingerprint density at radius 1 is 1.04 bits per heavy atom. The van der Waals surface area contributed by atoms with Gasteiger partial charge in [0.25, 0.3) is 10.0 Å². The van der Waals surface area contributed by atoms with Crippen LogP contribution in [0.1, 0.15) is 0 Å². The number of nitrogens with zero attached hydrogens (tertiary/aromatic N) is 3. The molecule has 0 unspecified atom stereocenters. The Bertz CT molecular complexity index is 1290. The highest BCUT2D eigenvalue weighted by Crippen LogP contribution is 2.31. The van der Waals surface area contributed by atoms with Gasteiger partial charge in [-0.2, -0.15) is 9.61 Å². The molecule has 7 nitrogen and oxygen atoms in total. The van der Waals surface area contributed by atoms with E-state index in [2.05, 4.69) is 14.8 Å². The number of halogens is 2. The van der Waals surface area contributed by atoms with Crippen molar-refractivity contribution in [3.05, 3.63) is 71.0 Å². The van der Waals surface area contributed by atoms with E-state index in [1.54, 1.807) is 42.7 Å². The molecule has 10 heteroatoms. The summed E-state index contributed by atoms with van der Waals surface area (Å²) in [7, 11) is -3.89. The van der Waals surface area contributed by atoms with Gasteiger partial charge >= 0.3 is 0 Å². The highest BCUT2D eigenvalue weighted by molar-refractivity contribution is 7.92. The van der Waals surface area contributed by atoms with Crippen LogP contribution in [0.5, 0.6) is 0 Å². The molecule has 28 heavy (non-hydrogen) atoms. The summed E-state index contributed by atoms with van der Waals surface area (Å²) in [6, 6.07) is 12.9. The number of sulfonamides is 1. The van der Waals surface area contributed by atoms with Crippen molar-refractivity contribution < 1.29 is 8.42 Å². The number of anilines is 2. The van der Waals surface area contributed by atoms with Crippen molar-refractivity contribution in [3.8, 4) is 11.1 Å². The molecule has 2 aromatic heterocycles. The molecule has 0 radical (unpaired) electrons. The number of nitrogen functional groups attached to an aromatic ring is 1. The molecule has 0 spiro atoms. The molecule has 142 valence electrons. The zero-order valence-electron chi connectivity index (χ0n) is 14.2. The van der Waals surface area contributed by atoms with E-state index in [9.17, 15) is 8.42 Å². The molecule has 0 fully saturated rings. The zero-order valence-corrected chi connectivity index (χ0v) is 16.5. The average Bonchev–Trinajstić information content (AvgIpc) is 3.14. The van der Waals surface area contributed by atoms with Crippen molar-refractivity contribution in [2.24, 2.45) is 0 Å². The first kappa shape index (κ1) is 18.5. The summed E-state index contributed by atoms with van der Waals surface area (Å²) in [5.41, 5.74) is 8.63. The summed E-state index contributed by atoms with van der Waals surface area (Å²) in [4.78, 5) is 4.21. The van der Waals surface area contributed by atoms with Gasteiger partial charge in [0.2, 0.25) is 0 Å². The minimum Gasteiger partial charge on any atom is -0.383 e. The van der Waals surface area contributed by atoms with Gasteiger partial charge in [0, 0.05) is 23.5 Å². The first-order chi connectivity index (χ1) is 13.4. The molecule has 0 amide bonds. The SMILES string of the molecule is Nc1c(-c2ccc(NS(=O)(=O)c3cccc(Cl)c3Cl)cc2)cnc2ccnn12. The second-order valence-corrected chi connectivity index (χ2v) is 8.33. The molecule has 0 saturated carbocycles. The summed E-state index contributed by atoms with van der Waals surface area (Å²) in [6.07, 6.45) is 3.26. The smallest absolute Gasteiger partial charge is 0.263 e. The maximum Gasteiger partial charge on any atom is 0.263 e. The van der Waals surface area contributed by atoms with Gasteiger partial charge in [-0.1, -0.05) is 41.4 Å².